The topological polar surface area (TPSA) is 59.0 Å². The quantitative estimate of drug-likeness (QED) is 0.873. The Bertz CT molecular complexity index is 580. The van der Waals surface area contributed by atoms with Gasteiger partial charge in [-0.25, -0.2) is 0 Å². The molecule has 0 aromatic carbocycles. The van der Waals surface area contributed by atoms with E-state index < -0.39 is 0 Å². The zero-order valence-electron chi connectivity index (χ0n) is 14.7. The monoisotopic (exact) mass is 330 g/mol. The van der Waals surface area contributed by atoms with E-state index in [9.17, 15) is 4.79 Å². The van der Waals surface area contributed by atoms with Gasteiger partial charge in [-0.1, -0.05) is 12.8 Å². The second kappa shape index (κ2) is 6.87. The number of rotatable bonds is 5. The van der Waals surface area contributed by atoms with Crippen LogP contribution >= 0.6 is 0 Å². The van der Waals surface area contributed by atoms with Crippen molar-refractivity contribution in [1.29, 1.82) is 0 Å². The normalized spacial score (nSPS) is 34.1. The van der Waals surface area contributed by atoms with Crippen molar-refractivity contribution in [1.82, 2.24) is 20.4 Å². The average Bonchev–Trinajstić information content (AvgIpc) is 3.34. The summed E-state index contributed by atoms with van der Waals surface area (Å²) >= 11 is 0. The van der Waals surface area contributed by atoms with Crippen LogP contribution in [-0.4, -0.2) is 27.8 Å². The minimum absolute atomic E-state index is 0.0628. The van der Waals surface area contributed by atoms with Crippen molar-refractivity contribution in [3.05, 3.63) is 18.0 Å². The van der Waals surface area contributed by atoms with Crippen LogP contribution in [0.5, 0.6) is 0 Å². The van der Waals surface area contributed by atoms with E-state index in [1.165, 1.54) is 38.5 Å². The van der Waals surface area contributed by atoms with E-state index in [1.807, 2.05) is 10.9 Å². The molecule has 1 aromatic heterocycles. The first kappa shape index (κ1) is 16.1. The summed E-state index contributed by atoms with van der Waals surface area (Å²) in [4.78, 5) is 11.9. The van der Waals surface area contributed by atoms with E-state index in [0.29, 0.717) is 18.5 Å². The van der Waals surface area contributed by atoms with Crippen molar-refractivity contribution >= 4 is 5.91 Å². The van der Waals surface area contributed by atoms with Gasteiger partial charge in [0, 0.05) is 36.8 Å². The molecule has 1 saturated heterocycles. The van der Waals surface area contributed by atoms with Crippen LogP contribution in [0.4, 0.5) is 0 Å². The highest BCUT2D eigenvalue weighted by molar-refractivity contribution is 5.77. The number of aryl methyl sites for hydroxylation is 1. The summed E-state index contributed by atoms with van der Waals surface area (Å²) in [6.07, 6.45) is 13.9. The summed E-state index contributed by atoms with van der Waals surface area (Å²) in [6.45, 7) is 2.95. The molecule has 2 heterocycles. The van der Waals surface area contributed by atoms with Gasteiger partial charge in [-0.3, -0.25) is 9.48 Å². The lowest BCUT2D eigenvalue weighted by Crippen LogP contribution is -2.52. The van der Waals surface area contributed by atoms with Gasteiger partial charge in [0.15, 0.2) is 0 Å². The molecule has 4 atom stereocenters. The van der Waals surface area contributed by atoms with Gasteiger partial charge in [-0.15, -0.1) is 0 Å². The van der Waals surface area contributed by atoms with Gasteiger partial charge in [0.2, 0.25) is 5.91 Å². The van der Waals surface area contributed by atoms with E-state index in [1.54, 1.807) is 0 Å². The Labute approximate surface area is 144 Å². The molecule has 2 aliphatic carbocycles. The summed E-state index contributed by atoms with van der Waals surface area (Å²) in [5.74, 6) is 2.12. The van der Waals surface area contributed by atoms with Crippen molar-refractivity contribution in [3.63, 3.8) is 0 Å². The highest BCUT2D eigenvalue weighted by Crippen LogP contribution is 2.44. The Balaban J connectivity index is 1.43. The smallest absolute Gasteiger partial charge is 0.220 e. The van der Waals surface area contributed by atoms with Crippen LogP contribution in [0.25, 0.3) is 0 Å². The molecule has 2 N–H and O–H groups in total. The number of hydrogen-bond acceptors (Lipinski definition) is 3. The zero-order valence-corrected chi connectivity index (χ0v) is 14.7. The lowest BCUT2D eigenvalue weighted by molar-refractivity contribution is -0.124. The molecule has 1 amide bonds. The maximum absolute atomic E-state index is 11.9. The number of piperidine rings is 1. The molecule has 0 spiro atoms. The molecule has 5 nitrogen and oxygen atoms in total. The Morgan fingerprint density at radius 1 is 1.25 bits per heavy atom. The molecule has 0 radical (unpaired) electrons. The number of carbonyl (C=O) groups excluding carboxylic acids is 1. The SMILES string of the molecule is CCn1cc([C@@H]2NC(=O)CC[C@H]2N[C@@H]2CCC[C@@H](C3CC3)C2)cn1. The summed E-state index contributed by atoms with van der Waals surface area (Å²) in [5, 5.41) is 11.5. The minimum Gasteiger partial charge on any atom is -0.348 e. The molecular formula is C19H30N4O. The molecule has 3 fully saturated rings. The van der Waals surface area contributed by atoms with E-state index in [4.69, 9.17) is 0 Å². The molecule has 4 rings (SSSR count). The predicted molar refractivity (Wildman–Crippen MR) is 93.4 cm³/mol. The first-order chi connectivity index (χ1) is 11.7. The van der Waals surface area contributed by atoms with E-state index in [0.717, 1.165) is 30.4 Å². The Morgan fingerprint density at radius 2 is 2.12 bits per heavy atom. The third-order valence-electron chi connectivity index (χ3n) is 6.19. The highest BCUT2D eigenvalue weighted by atomic mass is 16.1. The third kappa shape index (κ3) is 3.51. The number of nitrogens with zero attached hydrogens (tertiary/aromatic N) is 2. The largest absolute Gasteiger partial charge is 0.348 e. The molecule has 132 valence electrons. The first-order valence-corrected chi connectivity index (χ1v) is 9.80. The number of carbonyl (C=O) groups is 1. The maximum atomic E-state index is 11.9. The molecule has 1 aliphatic heterocycles. The third-order valence-corrected chi connectivity index (χ3v) is 6.19. The summed E-state index contributed by atoms with van der Waals surface area (Å²) in [5.41, 5.74) is 1.14. The van der Waals surface area contributed by atoms with Gasteiger partial charge >= 0.3 is 0 Å². The summed E-state index contributed by atoms with van der Waals surface area (Å²) in [6, 6.07) is 1.01. The van der Waals surface area contributed by atoms with Crippen LogP contribution in [0.1, 0.15) is 69.9 Å². The fraction of sp³-hybridized carbons (Fsp3) is 0.789. The number of nitrogens with one attached hydrogen (secondary N) is 2. The van der Waals surface area contributed by atoms with Crippen molar-refractivity contribution < 1.29 is 4.79 Å². The molecule has 3 aliphatic rings. The molecule has 5 heteroatoms. The zero-order chi connectivity index (χ0) is 16.5. The van der Waals surface area contributed by atoms with Gasteiger partial charge in [-0.05, 0) is 50.9 Å². The standard InChI is InChI=1S/C19H30N4O/c1-2-23-12-15(11-20-23)19-17(8-9-18(24)22-19)21-16-5-3-4-14(10-16)13-6-7-13/h11-14,16-17,19,21H,2-10H2,1H3,(H,22,24)/t14-,16-,17-,19+/m1/s1. The van der Waals surface area contributed by atoms with Gasteiger partial charge in [0.25, 0.3) is 0 Å². The van der Waals surface area contributed by atoms with E-state index >= 15 is 0 Å². The van der Waals surface area contributed by atoms with E-state index in [2.05, 4.69) is 28.9 Å². The molecular weight excluding hydrogens is 300 g/mol. The van der Waals surface area contributed by atoms with Crippen LogP contribution in [0.3, 0.4) is 0 Å². The van der Waals surface area contributed by atoms with Crippen LogP contribution < -0.4 is 10.6 Å². The fourth-order valence-corrected chi connectivity index (χ4v) is 4.69. The van der Waals surface area contributed by atoms with Crippen LogP contribution in [0.2, 0.25) is 0 Å². The average molecular weight is 330 g/mol. The van der Waals surface area contributed by atoms with Crippen molar-refractivity contribution in [3.8, 4) is 0 Å². The summed E-state index contributed by atoms with van der Waals surface area (Å²) in [7, 11) is 0. The Kier molecular flexibility index (Phi) is 4.61. The molecule has 1 aromatic rings. The summed E-state index contributed by atoms with van der Waals surface area (Å²) < 4.78 is 1.94. The van der Waals surface area contributed by atoms with E-state index in [-0.39, 0.29) is 11.9 Å². The van der Waals surface area contributed by atoms with Crippen LogP contribution in [0.15, 0.2) is 12.4 Å². The fourth-order valence-electron chi connectivity index (χ4n) is 4.69. The molecule has 24 heavy (non-hydrogen) atoms. The van der Waals surface area contributed by atoms with Crippen molar-refractivity contribution in [2.45, 2.75) is 83.0 Å². The number of hydrogen-bond donors (Lipinski definition) is 2. The lowest BCUT2D eigenvalue weighted by atomic mass is 9.81. The Hall–Kier alpha value is -1.36. The predicted octanol–water partition coefficient (Wildman–Crippen LogP) is 2.78. The van der Waals surface area contributed by atoms with Crippen molar-refractivity contribution in [2.24, 2.45) is 11.8 Å². The van der Waals surface area contributed by atoms with Gasteiger partial charge in [-0.2, -0.15) is 5.10 Å². The van der Waals surface area contributed by atoms with Crippen LogP contribution in [-0.2, 0) is 11.3 Å². The lowest BCUT2D eigenvalue weighted by Gasteiger charge is -2.38. The molecule has 0 bridgehead atoms. The van der Waals surface area contributed by atoms with Gasteiger partial charge < -0.3 is 10.6 Å². The second-order valence-electron chi connectivity index (χ2n) is 7.95. The number of aromatic nitrogens is 2. The first-order valence-electron chi connectivity index (χ1n) is 9.80. The van der Waals surface area contributed by atoms with Gasteiger partial charge in [0.05, 0.1) is 12.2 Å². The second-order valence-corrected chi connectivity index (χ2v) is 7.95. The molecule has 2 saturated carbocycles. The molecule has 0 unspecified atom stereocenters. The highest BCUT2D eigenvalue weighted by Gasteiger charge is 2.37. The van der Waals surface area contributed by atoms with Gasteiger partial charge in [0.1, 0.15) is 0 Å². The Morgan fingerprint density at radius 3 is 2.88 bits per heavy atom. The van der Waals surface area contributed by atoms with Crippen LogP contribution in [0, 0.1) is 11.8 Å². The van der Waals surface area contributed by atoms with Crippen molar-refractivity contribution in [2.75, 3.05) is 0 Å². The minimum atomic E-state index is 0.0628. The maximum Gasteiger partial charge on any atom is 0.220 e. The number of amides is 1.